The lowest BCUT2D eigenvalue weighted by Gasteiger charge is -2.35. The molecule has 0 aliphatic carbocycles. The van der Waals surface area contributed by atoms with Gasteiger partial charge in [0.25, 0.3) is 11.8 Å². The molecule has 36 heavy (non-hydrogen) atoms. The van der Waals surface area contributed by atoms with Crippen LogP contribution in [0, 0.1) is 5.92 Å². The third-order valence-corrected chi connectivity index (χ3v) is 7.78. The van der Waals surface area contributed by atoms with Crippen molar-refractivity contribution in [2.24, 2.45) is 5.92 Å². The van der Waals surface area contributed by atoms with E-state index in [2.05, 4.69) is 56.5 Å². The Morgan fingerprint density at radius 3 is 2.33 bits per heavy atom. The second-order valence-electron chi connectivity index (χ2n) is 9.82. The quantitative estimate of drug-likeness (QED) is 0.390. The van der Waals surface area contributed by atoms with E-state index in [4.69, 9.17) is 0 Å². The fourth-order valence-electron chi connectivity index (χ4n) is 5.31. The molecular weight excluding hydrogens is 514 g/mol. The molecule has 0 radical (unpaired) electrons. The molecule has 0 aromatic heterocycles. The first kappa shape index (κ1) is 24.6. The van der Waals surface area contributed by atoms with Crippen molar-refractivity contribution in [2.75, 3.05) is 36.4 Å². The molecule has 186 valence electrons. The standard InChI is InChI=1S/C30H32BrN3O2/c31-25-10-6-9-24(20-25)29(35)32-26-11-12-28(27(21-26)30(36)34-15-4-5-16-34)33-17-13-23(14-18-33)19-22-7-2-1-3-8-22/h1-3,6-12,20-21,23H,4-5,13-19H2,(H,32,35). The van der Waals surface area contributed by atoms with Crippen molar-refractivity contribution in [3.63, 3.8) is 0 Å². The molecule has 0 unspecified atom stereocenters. The van der Waals surface area contributed by atoms with E-state index in [0.29, 0.717) is 22.7 Å². The molecular formula is C30H32BrN3O2. The van der Waals surface area contributed by atoms with E-state index in [9.17, 15) is 9.59 Å². The Bertz CT molecular complexity index is 1220. The van der Waals surface area contributed by atoms with Crippen molar-refractivity contribution in [1.82, 2.24) is 4.90 Å². The van der Waals surface area contributed by atoms with Crippen molar-refractivity contribution in [3.05, 3.63) is 94.0 Å². The maximum absolute atomic E-state index is 13.5. The molecule has 0 atom stereocenters. The summed E-state index contributed by atoms with van der Waals surface area (Å²) < 4.78 is 0.853. The van der Waals surface area contributed by atoms with Gasteiger partial charge in [0.2, 0.25) is 0 Å². The maximum Gasteiger partial charge on any atom is 0.256 e. The van der Waals surface area contributed by atoms with Crippen molar-refractivity contribution in [1.29, 1.82) is 0 Å². The first-order valence-corrected chi connectivity index (χ1v) is 13.7. The molecule has 0 bridgehead atoms. The summed E-state index contributed by atoms with van der Waals surface area (Å²) >= 11 is 3.42. The van der Waals surface area contributed by atoms with Gasteiger partial charge < -0.3 is 15.1 Å². The second kappa shape index (κ2) is 11.3. The summed E-state index contributed by atoms with van der Waals surface area (Å²) in [6.45, 7) is 3.46. The highest BCUT2D eigenvalue weighted by Gasteiger charge is 2.27. The smallest absolute Gasteiger partial charge is 0.256 e. The zero-order chi connectivity index (χ0) is 24.9. The zero-order valence-electron chi connectivity index (χ0n) is 20.5. The average molecular weight is 547 g/mol. The van der Waals surface area contributed by atoms with Gasteiger partial charge in [0, 0.05) is 47.6 Å². The highest BCUT2D eigenvalue weighted by Crippen LogP contribution is 2.31. The van der Waals surface area contributed by atoms with Crippen LogP contribution in [0.5, 0.6) is 0 Å². The second-order valence-corrected chi connectivity index (χ2v) is 10.7. The summed E-state index contributed by atoms with van der Waals surface area (Å²) in [5, 5.41) is 2.99. The monoisotopic (exact) mass is 545 g/mol. The minimum Gasteiger partial charge on any atom is -0.371 e. The normalized spacial score (nSPS) is 16.2. The molecule has 2 aliphatic rings. The molecule has 2 aliphatic heterocycles. The van der Waals surface area contributed by atoms with Gasteiger partial charge in [-0.25, -0.2) is 0 Å². The molecule has 2 amide bonds. The van der Waals surface area contributed by atoms with Crippen LogP contribution < -0.4 is 10.2 Å². The van der Waals surface area contributed by atoms with Crippen molar-refractivity contribution in [3.8, 4) is 0 Å². The van der Waals surface area contributed by atoms with E-state index in [1.165, 1.54) is 5.56 Å². The Labute approximate surface area is 221 Å². The molecule has 5 rings (SSSR count). The lowest BCUT2D eigenvalue weighted by molar-refractivity contribution is 0.0793. The van der Waals surface area contributed by atoms with Crippen LogP contribution in [0.4, 0.5) is 11.4 Å². The van der Waals surface area contributed by atoms with Crippen LogP contribution in [0.2, 0.25) is 0 Å². The predicted octanol–water partition coefficient (Wildman–Crippen LogP) is 6.40. The Morgan fingerprint density at radius 1 is 0.861 bits per heavy atom. The molecule has 6 heteroatoms. The Kier molecular flexibility index (Phi) is 7.71. The van der Waals surface area contributed by atoms with Crippen LogP contribution in [0.1, 0.15) is 52.0 Å². The Hall–Kier alpha value is -3.12. The van der Waals surface area contributed by atoms with Crippen LogP contribution in [0.25, 0.3) is 0 Å². The SMILES string of the molecule is O=C(Nc1ccc(N2CCC(Cc3ccccc3)CC2)c(C(=O)N2CCCC2)c1)c1cccc(Br)c1. The first-order chi connectivity index (χ1) is 17.6. The maximum atomic E-state index is 13.5. The number of carbonyl (C=O) groups is 2. The van der Waals surface area contributed by atoms with E-state index in [-0.39, 0.29) is 11.8 Å². The number of nitrogens with one attached hydrogen (secondary N) is 1. The topological polar surface area (TPSA) is 52.7 Å². The number of amides is 2. The number of hydrogen-bond acceptors (Lipinski definition) is 3. The molecule has 2 fully saturated rings. The number of hydrogen-bond donors (Lipinski definition) is 1. The minimum atomic E-state index is -0.189. The molecule has 5 nitrogen and oxygen atoms in total. The molecule has 2 saturated heterocycles. The number of benzene rings is 3. The van der Waals surface area contributed by atoms with Crippen molar-refractivity contribution >= 4 is 39.1 Å². The number of nitrogens with zero attached hydrogens (tertiary/aromatic N) is 2. The number of rotatable bonds is 6. The van der Waals surface area contributed by atoms with Crippen LogP contribution in [-0.2, 0) is 6.42 Å². The van der Waals surface area contributed by atoms with Gasteiger partial charge in [0.05, 0.1) is 5.56 Å². The van der Waals surface area contributed by atoms with Crippen LogP contribution in [-0.4, -0.2) is 42.9 Å². The van der Waals surface area contributed by atoms with Gasteiger partial charge in [0.1, 0.15) is 0 Å². The lowest BCUT2D eigenvalue weighted by Crippen LogP contribution is -2.36. The summed E-state index contributed by atoms with van der Waals surface area (Å²) in [6, 6.07) is 23.8. The summed E-state index contributed by atoms with van der Waals surface area (Å²) in [4.78, 5) is 30.7. The van der Waals surface area contributed by atoms with Crippen molar-refractivity contribution < 1.29 is 9.59 Å². The van der Waals surface area contributed by atoms with E-state index in [0.717, 1.165) is 68.4 Å². The molecule has 3 aromatic rings. The average Bonchev–Trinajstić information content (AvgIpc) is 3.45. The van der Waals surface area contributed by atoms with Crippen LogP contribution >= 0.6 is 15.9 Å². The summed E-state index contributed by atoms with van der Waals surface area (Å²) in [6.07, 6.45) is 5.41. The number of anilines is 2. The van der Waals surface area contributed by atoms with E-state index < -0.39 is 0 Å². The zero-order valence-corrected chi connectivity index (χ0v) is 22.0. The highest BCUT2D eigenvalue weighted by atomic mass is 79.9. The van der Waals surface area contributed by atoms with Gasteiger partial charge in [-0.05, 0) is 80.0 Å². The third kappa shape index (κ3) is 5.81. The van der Waals surface area contributed by atoms with E-state index in [1.54, 1.807) is 12.1 Å². The number of likely N-dealkylation sites (tertiary alicyclic amines) is 1. The number of carbonyl (C=O) groups excluding carboxylic acids is 2. The molecule has 0 saturated carbocycles. The summed E-state index contributed by atoms with van der Waals surface area (Å²) in [5.74, 6) is 0.531. The lowest BCUT2D eigenvalue weighted by atomic mass is 9.89. The largest absolute Gasteiger partial charge is 0.371 e. The molecule has 3 aromatic carbocycles. The molecule has 1 N–H and O–H groups in total. The Morgan fingerprint density at radius 2 is 1.61 bits per heavy atom. The molecule has 0 spiro atoms. The Balaban J connectivity index is 1.34. The molecule has 2 heterocycles. The minimum absolute atomic E-state index is 0.0625. The van der Waals surface area contributed by atoms with Crippen LogP contribution in [0.15, 0.2) is 77.3 Å². The first-order valence-electron chi connectivity index (χ1n) is 12.9. The summed E-state index contributed by atoms with van der Waals surface area (Å²) in [5.41, 5.74) is 4.27. The van der Waals surface area contributed by atoms with Gasteiger partial charge in [-0.1, -0.05) is 52.3 Å². The summed E-state index contributed by atoms with van der Waals surface area (Å²) in [7, 11) is 0. The number of piperidine rings is 1. The van der Waals surface area contributed by atoms with E-state index >= 15 is 0 Å². The van der Waals surface area contributed by atoms with Gasteiger partial charge in [-0.2, -0.15) is 0 Å². The number of halogens is 1. The highest BCUT2D eigenvalue weighted by molar-refractivity contribution is 9.10. The van der Waals surface area contributed by atoms with Gasteiger partial charge in [0.15, 0.2) is 0 Å². The van der Waals surface area contributed by atoms with Gasteiger partial charge in [-0.3, -0.25) is 9.59 Å². The fraction of sp³-hybridized carbons (Fsp3) is 0.333. The predicted molar refractivity (Wildman–Crippen MR) is 149 cm³/mol. The van der Waals surface area contributed by atoms with Crippen molar-refractivity contribution in [2.45, 2.75) is 32.1 Å². The van der Waals surface area contributed by atoms with E-state index in [1.807, 2.05) is 35.2 Å². The van der Waals surface area contributed by atoms with Gasteiger partial charge >= 0.3 is 0 Å². The third-order valence-electron chi connectivity index (χ3n) is 7.29. The van der Waals surface area contributed by atoms with Crippen LogP contribution in [0.3, 0.4) is 0 Å². The van der Waals surface area contributed by atoms with Gasteiger partial charge in [-0.15, -0.1) is 0 Å². The fourth-order valence-corrected chi connectivity index (χ4v) is 5.71.